The summed E-state index contributed by atoms with van der Waals surface area (Å²) in [5.41, 5.74) is 0.273. The lowest BCUT2D eigenvalue weighted by Crippen LogP contribution is -2.31. The Kier molecular flexibility index (Phi) is 8.16. The molecule has 2 rings (SSSR count). The molecule has 0 fully saturated rings. The quantitative estimate of drug-likeness (QED) is 0.488. The maximum atomic E-state index is 12.7. The fourth-order valence-electron chi connectivity index (χ4n) is 2.50. The summed E-state index contributed by atoms with van der Waals surface area (Å²) in [6, 6.07) is 14.2. The Balaban J connectivity index is 2.05. The molecule has 0 bridgehead atoms. The van der Waals surface area contributed by atoms with Crippen molar-refractivity contribution in [1.82, 2.24) is 9.62 Å². The smallest absolute Gasteiger partial charge is 0.251 e. The number of rotatable bonds is 9. The monoisotopic (exact) mass is 426 g/mol. The molecule has 0 saturated carbocycles. The highest BCUT2D eigenvalue weighted by atomic mass is 35.5. The van der Waals surface area contributed by atoms with Gasteiger partial charge in [-0.05, 0) is 30.3 Å². The molecule has 0 aliphatic heterocycles. The maximum absolute atomic E-state index is 12.7. The van der Waals surface area contributed by atoms with Crippen molar-refractivity contribution in [3.05, 3.63) is 59.1 Å². The van der Waals surface area contributed by atoms with Crippen LogP contribution in [0.4, 0.5) is 0 Å². The van der Waals surface area contributed by atoms with Crippen LogP contribution in [0, 0.1) is 0 Å². The number of halogens is 1. The molecule has 0 unspecified atom stereocenters. The number of benzene rings is 2. The Morgan fingerprint density at radius 3 is 2.41 bits per heavy atom. The summed E-state index contributed by atoms with van der Waals surface area (Å²) in [5.74, 6) is 0.393. The van der Waals surface area contributed by atoms with Crippen LogP contribution in [0.15, 0.2) is 58.3 Å². The topological polar surface area (TPSA) is 66.5 Å². The van der Waals surface area contributed by atoms with Gasteiger partial charge in [-0.3, -0.25) is 4.79 Å². The van der Waals surface area contributed by atoms with Crippen LogP contribution in [0.5, 0.6) is 0 Å². The summed E-state index contributed by atoms with van der Waals surface area (Å²) in [6.45, 7) is 4.66. The molecule has 8 heteroatoms. The third-order valence-electron chi connectivity index (χ3n) is 3.92. The fourth-order valence-corrected chi connectivity index (χ4v) is 5.24. The van der Waals surface area contributed by atoms with Crippen LogP contribution in [0.3, 0.4) is 0 Å². The average molecular weight is 427 g/mol. The molecule has 0 spiro atoms. The van der Waals surface area contributed by atoms with Gasteiger partial charge in [0.15, 0.2) is 0 Å². The summed E-state index contributed by atoms with van der Waals surface area (Å²) in [7, 11) is -3.73. The first kappa shape index (κ1) is 21.8. The van der Waals surface area contributed by atoms with Crippen molar-refractivity contribution in [2.24, 2.45) is 0 Å². The van der Waals surface area contributed by atoms with E-state index in [4.69, 9.17) is 11.6 Å². The lowest BCUT2D eigenvalue weighted by atomic mass is 10.2. The molecule has 0 saturated heterocycles. The number of amides is 1. The molecule has 5 nitrogen and oxygen atoms in total. The van der Waals surface area contributed by atoms with Gasteiger partial charge in [-0.2, -0.15) is 4.31 Å². The first-order valence-corrected chi connectivity index (χ1v) is 11.5. The first-order valence-electron chi connectivity index (χ1n) is 8.65. The van der Waals surface area contributed by atoms with Crippen LogP contribution in [-0.2, 0) is 10.0 Å². The van der Waals surface area contributed by atoms with Gasteiger partial charge in [0.1, 0.15) is 4.90 Å². The van der Waals surface area contributed by atoms with Gasteiger partial charge in [0.25, 0.3) is 5.91 Å². The SMILES string of the molecule is CCN(CC)S(=O)(=O)c1cc(C(=O)NCCSc2ccccc2)ccc1Cl. The predicted octanol–water partition coefficient (Wildman–Crippen LogP) is 3.89. The molecule has 2 aromatic carbocycles. The summed E-state index contributed by atoms with van der Waals surface area (Å²) in [4.78, 5) is 13.5. The zero-order valence-electron chi connectivity index (χ0n) is 15.3. The van der Waals surface area contributed by atoms with E-state index in [1.165, 1.54) is 22.5 Å². The standard InChI is InChI=1S/C19H23ClN2O3S2/c1-3-22(4-2)27(24,25)18-14-15(10-11-17(18)20)19(23)21-12-13-26-16-8-6-5-7-9-16/h5-11,14H,3-4,12-13H2,1-2H3,(H,21,23). The van der Waals surface area contributed by atoms with Crippen molar-refractivity contribution in [3.8, 4) is 0 Å². The number of nitrogens with one attached hydrogen (secondary N) is 1. The molecule has 1 amide bonds. The molecule has 0 heterocycles. The van der Waals surface area contributed by atoms with Gasteiger partial charge in [-0.1, -0.05) is 43.6 Å². The first-order chi connectivity index (χ1) is 12.9. The molecule has 1 N–H and O–H groups in total. The Labute approximate surface area is 170 Å². The molecular weight excluding hydrogens is 404 g/mol. The van der Waals surface area contributed by atoms with Gasteiger partial charge in [0.2, 0.25) is 10.0 Å². The van der Waals surface area contributed by atoms with Gasteiger partial charge in [0.05, 0.1) is 5.02 Å². The van der Waals surface area contributed by atoms with Crippen LogP contribution in [-0.4, -0.2) is 44.0 Å². The Morgan fingerprint density at radius 2 is 1.78 bits per heavy atom. The molecule has 0 radical (unpaired) electrons. The normalized spacial score (nSPS) is 11.6. The van der Waals surface area contributed by atoms with E-state index in [2.05, 4.69) is 5.32 Å². The van der Waals surface area contributed by atoms with Crippen molar-refractivity contribution in [2.75, 3.05) is 25.4 Å². The maximum Gasteiger partial charge on any atom is 0.251 e. The molecule has 0 aliphatic carbocycles. The van der Waals surface area contributed by atoms with Crippen LogP contribution in [0.25, 0.3) is 0 Å². The van der Waals surface area contributed by atoms with Crippen LogP contribution in [0.2, 0.25) is 5.02 Å². The number of nitrogens with zero attached hydrogens (tertiary/aromatic N) is 1. The molecular formula is C19H23ClN2O3S2. The van der Waals surface area contributed by atoms with E-state index in [0.29, 0.717) is 25.4 Å². The fraction of sp³-hybridized carbons (Fsp3) is 0.316. The molecule has 2 aromatic rings. The highest BCUT2D eigenvalue weighted by Crippen LogP contribution is 2.26. The number of carbonyl (C=O) groups excluding carboxylic acids is 1. The summed E-state index contributed by atoms with van der Waals surface area (Å²) in [6.07, 6.45) is 0. The number of hydrogen-bond acceptors (Lipinski definition) is 4. The third kappa shape index (κ3) is 5.72. The van der Waals surface area contributed by atoms with E-state index < -0.39 is 10.0 Å². The van der Waals surface area contributed by atoms with E-state index in [1.807, 2.05) is 30.3 Å². The third-order valence-corrected chi connectivity index (χ3v) is 7.46. The Hall–Kier alpha value is -1.54. The molecule has 0 aromatic heterocycles. The number of thioether (sulfide) groups is 1. The van der Waals surface area contributed by atoms with Crippen molar-refractivity contribution in [3.63, 3.8) is 0 Å². The van der Waals surface area contributed by atoms with Gasteiger partial charge in [-0.15, -0.1) is 11.8 Å². The lowest BCUT2D eigenvalue weighted by Gasteiger charge is -2.19. The van der Waals surface area contributed by atoms with E-state index in [-0.39, 0.29) is 21.4 Å². The van der Waals surface area contributed by atoms with E-state index in [1.54, 1.807) is 25.6 Å². The lowest BCUT2D eigenvalue weighted by molar-refractivity contribution is 0.0956. The largest absolute Gasteiger partial charge is 0.351 e. The van der Waals surface area contributed by atoms with E-state index in [0.717, 1.165) is 4.90 Å². The molecule has 0 aliphatic rings. The molecule has 0 atom stereocenters. The molecule has 27 heavy (non-hydrogen) atoms. The van der Waals surface area contributed by atoms with Crippen LogP contribution >= 0.6 is 23.4 Å². The zero-order valence-corrected chi connectivity index (χ0v) is 17.7. The summed E-state index contributed by atoms with van der Waals surface area (Å²) in [5, 5.41) is 2.92. The second-order valence-corrected chi connectivity index (χ2v) is 9.13. The predicted molar refractivity (Wildman–Crippen MR) is 111 cm³/mol. The minimum absolute atomic E-state index is 0.0424. The van der Waals surface area contributed by atoms with Crippen molar-refractivity contribution in [2.45, 2.75) is 23.6 Å². The van der Waals surface area contributed by atoms with Crippen molar-refractivity contribution >= 4 is 39.3 Å². The number of hydrogen-bond donors (Lipinski definition) is 1. The molecule has 146 valence electrons. The van der Waals surface area contributed by atoms with Gasteiger partial charge < -0.3 is 5.32 Å². The van der Waals surface area contributed by atoms with Crippen molar-refractivity contribution in [1.29, 1.82) is 0 Å². The highest BCUT2D eigenvalue weighted by molar-refractivity contribution is 7.99. The minimum Gasteiger partial charge on any atom is -0.351 e. The zero-order chi connectivity index (χ0) is 19.9. The Bertz CT molecular complexity index is 870. The van der Waals surface area contributed by atoms with Crippen LogP contribution in [0.1, 0.15) is 24.2 Å². The minimum atomic E-state index is -3.73. The Morgan fingerprint density at radius 1 is 1.11 bits per heavy atom. The van der Waals surface area contributed by atoms with Gasteiger partial charge in [0, 0.05) is 35.8 Å². The van der Waals surface area contributed by atoms with E-state index >= 15 is 0 Å². The van der Waals surface area contributed by atoms with Gasteiger partial charge in [-0.25, -0.2) is 8.42 Å². The van der Waals surface area contributed by atoms with E-state index in [9.17, 15) is 13.2 Å². The number of sulfonamides is 1. The number of carbonyl (C=O) groups is 1. The highest BCUT2D eigenvalue weighted by Gasteiger charge is 2.25. The van der Waals surface area contributed by atoms with Crippen LogP contribution < -0.4 is 5.32 Å². The van der Waals surface area contributed by atoms with Gasteiger partial charge >= 0.3 is 0 Å². The second kappa shape index (κ2) is 10.1. The summed E-state index contributed by atoms with van der Waals surface area (Å²) < 4.78 is 26.7. The van der Waals surface area contributed by atoms with Crippen molar-refractivity contribution < 1.29 is 13.2 Å². The summed E-state index contributed by atoms with van der Waals surface area (Å²) >= 11 is 7.74. The second-order valence-electron chi connectivity index (χ2n) is 5.65. The average Bonchev–Trinajstić information content (AvgIpc) is 2.67.